The Morgan fingerprint density at radius 2 is 1.56 bits per heavy atom. The average molecular weight is 226 g/mol. The maximum absolute atomic E-state index is 10.7. The van der Waals surface area contributed by atoms with Crippen LogP contribution in [0.2, 0.25) is 0 Å². The highest BCUT2D eigenvalue weighted by molar-refractivity contribution is 5.94. The quantitative estimate of drug-likeness (QED) is 0.633. The van der Waals surface area contributed by atoms with Crippen LogP contribution >= 0.6 is 0 Å². The third-order valence-electron chi connectivity index (χ3n) is 1.85. The molecule has 0 aromatic heterocycles. The van der Waals surface area contributed by atoms with Crippen LogP contribution in [0.5, 0.6) is 0 Å². The second-order valence-corrected chi connectivity index (χ2v) is 3.01. The summed E-state index contributed by atoms with van der Waals surface area (Å²) < 4.78 is 4.66. The van der Waals surface area contributed by atoms with Crippen molar-refractivity contribution >= 4 is 11.9 Å². The maximum Gasteiger partial charge on any atom is 0.335 e. The van der Waals surface area contributed by atoms with Crippen molar-refractivity contribution in [3.8, 4) is 0 Å². The maximum atomic E-state index is 10.7. The fraction of sp³-hybridized carbons (Fsp3) is 0.200. The summed E-state index contributed by atoms with van der Waals surface area (Å²) in [6, 6.07) is 3.65. The molecular formula is C10H10O6. The molecule has 1 rings (SSSR count). The molecule has 0 unspecified atom stereocenters. The van der Waals surface area contributed by atoms with Gasteiger partial charge in [-0.1, -0.05) is 0 Å². The van der Waals surface area contributed by atoms with Gasteiger partial charge in [-0.15, -0.1) is 0 Å². The van der Waals surface area contributed by atoms with Gasteiger partial charge >= 0.3 is 11.9 Å². The second-order valence-electron chi connectivity index (χ2n) is 3.01. The van der Waals surface area contributed by atoms with E-state index in [1.807, 2.05) is 0 Å². The molecule has 86 valence electrons. The first-order chi connectivity index (χ1) is 7.54. The summed E-state index contributed by atoms with van der Waals surface area (Å²) in [7, 11) is 0. The van der Waals surface area contributed by atoms with Crippen LogP contribution in [0, 0.1) is 0 Å². The molecule has 0 aliphatic carbocycles. The molecule has 0 atom stereocenters. The van der Waals surface area contributed by atoms with Gasteiger partial charge in [-0.25, -0.2) is 9.59 Å². The van der Waals surface area contributed by atoms with Crippen molar-refractivity contribution in [3.63, 3.8) is 0 Å². The molecular weight excluding hydrogens is 216 g/mol. The zero-order valence-electron chi connectivity index (χ0n) is 8.21. The number of rotatable bonds is 5. The Labute approximate surface area is 90.7 Å². The Morgan fingerprint density at radius 3 is 1.94 bits per heavy atom. The number of hydrogen-bond acceptors (Lipinski definition) is 4. The predicted molar refractivity (Wildman–Crippen MR) is 52.2 cm³/mol. The number of carboxylic acids is 2. The molecule has 16 heavy (non-hydrogen) atoms. The first-order valence-electron chi connectivity index (χ1n) is 4.33. The van der Waals surface area contributed by atoms with Crippen molar-refractivity contribution in [3.05, 3.63) is 34.9 Å². The first kappa shape index (κ1) is 12.2. The zero-order chi connectivity index (χ0) is 12.1. The van der Waals surface area contributed by atoms with Gasteiger partial charge in [0.15, 0.2) is 0 Å². The predicted octanol–water partition coefficient (Wildman–Crippen LogP) is 0.549. The summed E-state index contributed by atoms with van der Waals surface area (Å²) in [5.41, 5.74) is 0.124. The average Bonchev–Trinajstić information content (AvgIpc) is 2.25. The molecule has 0 saturated heterocycles. The van der Waals surface area contributed by atoms with Gasteiger partial charge in [-0.3, -0.25) is 0 Å². The highest BCUT2D eigenvalue weighted by Gasteiger charge is 2.11. The highest BCUT2D eigenvalue weighted by atomic mass is 16.6. The van der Waals surface area contributed by atoms with Gasteiger partial charge in [-0.2, -0.15) is 0 Å². The van der Waals surface area contributed by atoms with E-state index in [0.29, 0.717) is 5.56 Å². The largest absolute Gasteiger partial charge is 0.478 e. The Bertz CT molecular complexity index is 380. The summed E-state index contributed by atoms with van der Waals surface area (Å²) in [5.74, 6) is -2.43. The molecule has 0 aliphatic heterocycles. The lowest BCUT2D eigenvalue weighted by molar-refractivity contribution is -0.0112. The fourth-order valence-electron chi connectivity index (χ4n) is 1.19. The summed E-state index contributed by atoms with van der Waals surface area (Å²) in [5, 5.41) is 25.9. The lowest BCUT2D eigenvalue weighted by atomic mass is 10.1. The van der Waals surface area contributed by atoms with Crippen LogP contribution in [-0.2, 0) is 11.3 Å². The lowest BCUT2D eigenvalue weighted by Crippen LogP contribution is -2.05. The van der Waals surface area contributed by atoms with Crippen LogP contribution in [0.15, 0.2) is 18.2 Å². The van der Waals surface area contributed by atoms with Crippen LogP contribution in [-0.4, -0.2) is 34.1 Å². The minimum absolute atomic E-state index is 0.0438. The smallest absolute Gasteiger partial charge is 0.335 e. The topological polar surface area (TPSA) is 104 Å². The Hall–Kier alpha value is -1.92. The van der Waals surface area contributed by atoms with Crippen molar-refractivity contribution < 1.29 is 29.6 Å². The number of aromatic carboxylic acids is 2. The number of hydrogen-bond donors (Lipinski definition) is 3. The number of aliphatic hydroxyl groups excluding tert-OH is 1. The van der Waals surface area contributed by atoms with Gasteiger partial charge in [-0.05, 0) is 23.8 Å². The van der Waals surface area contributed by atoms with E-state index in [0.717, 1.165) is 6.07 Å². The SMILES string of the molecule is O=C(O)c1cc(COCO)cc(C(=O)O)c1. The summed E-state index contributed by atoms with van der Waals surface area (Å²) in [6.45, 7) is -0.558. The molecule has 0 bridgehead atoms. The number of carboxylic acid groups (broad SMARTS) is 2. The number of carbonyl (C=O) groups is 2. The molecule has 0 heterocycles. The van der Waals surface area contributed by atoms with Gasteiger partial charge in [0.2, 0.25) is 0 Å². The molecule has 3 N–H and O–H groups in total. The third-order valence-corrected chi connectivity index (χ3v) is 1.85. The van der Waals surface area contributed by atoms with E-state index in [-0.39, 0.29) is 17.7 Å². The number of aliphatic hydroxyl groups is 1. The standard InChI is InChI=1S/C10H10O6/c11-5-16-4-6-1-7(9(12)13)3-8(2-6)10(14)15/h1-3,11H,4-5H2,(H,12,13)(H,14,15). The molecule has 6 nitrogen and oxygen atoms in total. The van der Waals surface area contributed by atoms with E-state index in [9.17, 15) is 9.59 Å². The van der Waals surface area contributed by atoms with Crippen LogP contribution in [0.1, 0.15) is 26.3 Å². The molecule has 1 aromatic rings. The summed E-state index contributed by atoms with van der Waals surface area (Å²) in [4.78, 5) is 21.4. The van der Waals surface area contributed by atoms with Crippen molar-refractivity contribution in [2.24, 2.45) is 0 Å². The minimum Gasteiger partial charge on any atom is -0.478 e. The van der Waals surface area contributed by atoms with Crippen LogP contribution in [0.3, 0.4) is 0 Å². The van der Waals surface area contributed by atoms with E-state index < -0.39 is 18.7 Å². The second kappa shape index (κ2) is 5.24. The van der Waals surface area contributed by atoms with E-state index >= 15 is 0 Å². The van der Waals surface area contributed by atoms with Crippen molar-refractivity contribution in [2.75, 3.05) is 6.79 Å². The molecule has 6 heteroatoms. The Morgan fingerprint density at radius 1 is 1.06 bits per heavy atom. The van der Waals surface area contributed by atoms with E-state index in [1.54, 1.807) is 0 Å². The van der Waals surface area contributed by atoms with E-state index in [4.69, 9.17) is 15.3 Å². The van der Waals surface area contributed by atoms with Gasteiger partial charge in [0.1, 0.15) is 6.79 Å². The molecule has 0 saturated carbocycles. The Balaban J connectivity index is 3.08. The van der Waals surface area contributed by atoms with Gasteiger partial charge in [0.25, 0.3) is 0 Å². The molecule has 0 aliphatic rings. The molecule has 0 radical (unpaired) electrons. The Kier molecular flexibility index (Phi) is 3.98. The van der Waals surface area contributed by atoms with Crippen molar-refractivity contribution in [1.29, 1.82) is 0 Å². The van der Waals surface area contributed by atoms with Crippen LogP contribution in [0.25, 0.3) is 0 Å². The fourth-order valence-corrected chi connectivity index (χ4v) is 1.19. The van der Waals surface area contributed by atoms with E-state index in [1.165, 1.54) is 12.1 Å². The molecule has 0 spiro atoms. The summed E-state index contributed by atoms with van der Waals surface area (Å²) in [6.07, 6.45) is 0. The molecule has 0 fully saturated rings. The van der Waals surface area contributed by atoms with Crippen molar-refractivity contribution in [2.45, 2.75) is 6.61 Å². The number of ether oxygens (including phenoxy) is 1. The highest BCUT2D eigenvalue weighted by Crippen LogP contribution is 2.12. The third kappa shape index (κ3) is 3.04. The van der Waals surface area contributed by atoms with Gasteiger partial charge < -0.3 is 20.1 Å². The monoisotopic (exact) mass is 226 g/mol. The zero-order valence-corrected chi connectivity index (χ0v) is 8.21. The van der Waals surface area contributed by atoms with Gasteiger partial charge in [0.05, 0.1) is 17.7 Å². The normalized spacial score (nSPS) is 10.1. The van der Waals surface area contributed by atoms with E-state index in [2.05, 4.69) is 4.74 Å². The minimum atomic E-state index is -1.21. The van der Waals surface area contributed by atoms with Gasteiger partial charge in [0, 0.05) is 0 Å². The summed E-state index contributed by atoms with van der Waals surface area (Å²) >= 11 is 0. The van der Waals surface area contributed by atoms with Crippen LogP contribution in [0.4, 0.5) is 0 Å². The lowest BCUT2D eigenvalue weighted by Gasteiger charge is -2.04. The first-order valence-corrected chi connectivity index (χ1v) is 4.33. The molecule has 0 amide bonds. The van der Waals surface area contributed by atoms with Crippen LogP contribution < -0.4 is 0 Å². The number of benzene rings is 1. The molecule has 1 aromatic carbocycles. The van der Waals surface area contributed by atoms with Crippen molar-refractivity contribution in [1.82, 2.24) is 0 Å².